The van der Waals surface area contributed by atoms with Gasteiger partial charge < -0.3 is 0 Å². The number of hydrogen-bond donors (Lipinski definition) is 0. The maximum Gasteiger partial charge on any atom is 0.159 e. The van der Waals surface area contributed by atoms with Gasteiger partial charge in [-0.25, -0.2) is 4.39 Å². The predicted molar refractivity (Wildman–Crippen MR) is 46.7 cm³/mol. The average Bonchev–Trinajstić information content (AvgIpc) is 1.88. The highest BCUT2D eigenvalue weighted by atomic mass is 79.9. The minimum Gasteiger partial charge on any atom is -0.295 e. The molecular formula is C8H8BrFO. The van der Waals surface area contributed by atoms with E-state index in [9.17, 15) is 9.18 Å². The quantitative estimate of drug-likeness (QED) is 0.663. The summed E-state index contributed by atoms with van der Waals surface area (Å²) < 4.78 is 12.4. The lowest BCUT2D eigenvalue weighted by Gasteiger charge is -1.92. The van der Waals surface area contributed by atoms with Gasteiger partial charge in [-0.15, -0.1) is 17.0 Å². The lowest BCUT2D eigenvalue weighted by Crippen LogP contribution is -1.91. The van der Waals surface area contributed by atoms with Gasteiger partial charge in [0.25, 0.3) is 0 Å². The lowest BCUT2D eigenvalue weighted by molar-refractivity contribution is 0.101. The zero-order chi connectivity index (χ0) is 7.56. The van der Waals surface area contributed by atoms with Crippen LogP contribution in [-0.4, -0.2) is 5.78 Å². The molecule has 0 radical (unpaired) electrons. The van der Waals surface area contributed by atoms with E-state index in [1.807, 2.05) is 0 Å². The number of halogens is 2. The molecule has 0 aliphatic heterocycles. The molecule has 1 nitrogen and oxygen atoms in total. The van der Waals surface area contributed by atoms with Crippen LogP contribution < -0.4 is 0 Å². The normalized spacial score (nSPS) is 8.55. The van der Waals surface area contributed by atoms with Gasteiger partial charge in [0.1, 0.15) is 5.82 Å². The van der Waals surface area contributed by atoms with E-state index in [-0.39, 0.29) is 28.6 Å². The molecule has 0 aliphatic rings. The Morgan fingerprint density at radius 3 is 2.45 bits per heavy atom. The van der Waals surface area contributed by atoms with Crippen LogP contribution in [0.4, 0.5) is 4.39 Å². The third-order valence-electron chi connectivity index (χ3n) is 1.23. The summed E-state index contributed by atoms with van der Waals surface area (Å²) in [6.45, 7) is 1.41. The van der Waals surface area contributed by atoms with Crippen LogP contribution in [-0.2, 0) is 0 Å². The van der Waals surface area contributed by atoms with Crippen molar-refractivity contribution in [2.24, 2.45) is 0 Å². The van der Waals surface area contributed by atoms with Crippen LogP contribution >= 0.6 is 17.0 Å². The summed E-state index contributed by atoms with van der Waals surface area (Å²) in [5.41, 5.74) is 0.417. The Labute approximate surface area is 75.0 Å². The summed E-state index contributed by atoms with van der Waals surface area (Å²) in [5, 5.41) is 0. The molecule has 0 atom stereocenters. The third kappa shape index (κ3) is 2.80. The highest BCUT2D eigenvalue weighted by Crippen LogP contribution is 2.03. The molecule has 0 amide bonds. The Morgan fingerprint density at radius 2 is 2.09 bits per heavy atom. The number of carbonyl (C=O) groups excluding carboxylic acids is 1. The van der Waals surface area contributed by atoms with Crippen molar-refractivity contribution in [2.45, 2.75) is 6.92 Å². The summed E-state index contributed by atoms with van der Waals surface area (Å²) in [4.78, 5) is 10.6. The van der Waals surface area contributed by atoms with Gasteiger partial charge in [-0.1, -0.05) is 12.1 Å². The zero-order valence-corrected chi connectivity index (χ0v) is 7.72. The first-order valence-corrected chi connectivity index (χ1v) is 2.96. The lowest BCUT2D eigenvalue weighted by atomic mass is 10.1. The predicted octanol–water partition coefficient (Wildman–Crippen LogP) is 2.61. The summed E-state index contributed by atoms with van der Waals surface area (Å²) in [6, 6.07) is 5.65. The maximum absolute atomic E-state index is 12.4. The highest BCUT2D eigenvalue weighted by Gasteiger charge is 1.97. The van der Waals surface area contributed by atoms with Crippen molar-refractivity contribution >= 4 is 22.8 Å². The Hall–Kier alpha value is -0.700. The molecule has 60 valence electrons. The second-order valence-electron chi connectivity index (χ2n) is 2.07. The molecule has 0 fully saturated rings. The second kappa shape index (κ2) is 4.23. The molecule has 0 aliphatic carbocycles. The number of Topliss-reactive ketones (excluding diaryl/α,β-unsaturated/α-hetero) is 1. The standard InChI is InChI=1S/C8H7FO.BrH/c1-6(10)7-3-2-4-8(9)5-7;/h2-5H,1H3;1H. The van der Waals surface area contributed by atoms with E-state index in [0.29, 0.717) is 5.56 Å². The van der Waals surface area contributed by atoms with Gasteiger partial charge in [0.15, 0.2) is 5.78 Å². The first kappa shape index (κ1) is 10.3. The van der Waals surface area contributed by atoms with Crippen LogP contribution in [0.2, 0.25) is 0 Å². The van der Waals surface area contributed by atoms with E-state index in [1.165, 1.54) is 25.1 Å². The largest absolute Gasteiger partial charge is 0.295 e. The smallest absolute Gasteiger partial charge is 0.159 e. The van der Waals surface area contributed by atoms with Gasteiger partial charge in [-0.3, -0.25) is 4.79 Å². The Bertz CT molecular complexity index is 260. The van der Waals surface area contributed by atoms with Crippen molar-refractivity contribution in [2.75, 3.05) is 0 Å². The molecule has 0 heterocycles. The van der Waals surface area contributed by atoms with E-state index >= 15 is 0 Å². The summed E-state index contributed by atoms with van der Waals surface area (Å²) in [6.07, 6.45) is 0. The van der Waals surface area contributed by atoms with Crippen molar-refractivity contribution in [3.63, 3.8) is 0 Å². The molecule has 3 heteroatoms. The topological polar surface area (TPSA) is 17.1 Å². The van der Waals surface area contributed by atoms with Crippen LogP contribution in [0.25, 0.3) is 0 Å². The second-order valence-corrected chi connectivity index (χ2v) is 2.07. The fraction of sp³-hybridized carbons (Fsp3) is 0.125. The van der Waals surface area contributed by atoms with Gasteiger partial charge in [0.2, 0.25) is 0 Å². The molecular weight excluding hydrogens is 211 g/mol. The molecule has 1 aromatic rings. The van der Waals surface area contributed by atoms with Gasteiger partial charge in [-0.05, 0) is 19.1 Å². The number of ketones is 1. The number of benzene rings is 1. The molecule has 0 bridgehead atoms. The third-order valence-corrected chi connectivity index (χ3v) is 1.23. The van der Waals surface area contributed by atoms with Crippen LogP contribution in [0.15, 0.2) is 24.3 Å². The van der Waals surface area contributed by atoms with Gasteiger partial charge in [0.05, 0.1) is 0 Å². The molecule has 0 saturated carbocycles. The molecule has 11 heavy (non-hydrogen) atoms. The highest BCUT2D eigenvalue weighted by molar-refractivity contribution is 8.93. The summed E-state index contributed by atoms with van der Waals surface area (Å²) >= 11 is 0. The molecule has 0 spiro atoms. The van der Waals surface area contributed by atoms with Crippen molar-refractivity contribution in [3.05, 3.63) is 35.6 Å². The van der Waals surface area contributed by atoms with Crippen molar-refractivity contribution in [1.29, 1.82) is 0 Å². The van der Waals surface area contributed by atoms with Crippen molar-refractivity contribution in [3.8, 4) is 0 Å². The van der Waals surface area contributed by atoms with Crippen LogP contribution in [0.1, 0.15) is 17.3 Å². The van der Waals surface area contributed by atoms with Gasteiger partial charge in [-0.2, -0.15) is 0 Å². The summed E-state index contributed by atoms with van der Waals surface area (Å²) in [7, 11) is 0. The summed E-state index contributed by atoms with van der Waals surface area (Å²) in [5.74, 6) is -0.479. The average molecular weight is 219 g/mol. The van der Waals surface area contributed by atoms with E-state index in [4.69, 9.17) is 0 Å². The van der Waals surface area contributed by atoms with E-state index in [1.54, 1.807) is 6.07 Å². The monoisotopic (exact) mass is 218 g/mol. The Morgan fingerprint density at radius 1 is 1.45 bits per heavy atom. The van der Waals surface area contributed by atoms with Crippen LogP contribution in [0.3, 0.4) is 0 Å². The molecule has 0 aromatic heterocycles. The van der Waals surface area contributed by atoms with Crippen molar-refractivity contribution in [1.82, 2.24) is 0 Å². The minimum atomic E-state index is -0.368. The number of rotatable bonds is 1. The fourth-order valence-corrected chi connectivity index (χ4v) is 0.707. The Kier molecular flexibility index (Phi) is 3.97. The fourth-order valence-electron chi connectivity index (χ4n) is 0.707. The molecule has 1 rings (SSSR count). The first-order valence-electron chi connectivity index (χ1n) is 2.96. The van der Waals surface area contributed by atoms with Crippen molar-refractivity contribution < 1.29 is 9.18 Å². The molecule has 1 aromatic carbocycles. The van der Waals surface area contributed by atoms with E-state index < -0.39 is 0 Å². The van der Waals surface area contributed by atoms with E-state index in [2.05, 4.69) is 0 Å². The first-order chi connectivity index (χ1) is 4.70. The Balaban J connectivity index is 0.000001000. The number of hydrogen-bond acceptors (Lipinski definition) is 1. The van der Waals surface area contributed by atoms with Crippen LogP contribution in [0.5, 0.6) is 0 Å². The van der Waals surface area contributed by atoms with Gasteiger partial charge in [0, 0.05) is 5.56 Å². The zero-order valence-electron chi connectivity index (χ0n) is 6.00. The van der Waals surface area contributed by atoms with Gasteiger partial charge >= 0.3 is 0 Å². The van der Waals surface area contributed by atoms with E-state index in [0.717, 1.165) is 0 Å². The molecule has 0 saturated heterocycles. The molecule has 0 unspecified atom stereocenters. The maximum atomic E-state index is 12.4. The minimum absolute atomic E-state index is 0. The SMILES string of the molecule is Br.CC(=O)c1cccc(F)c1. The number of carbonyl (C=O) groups is 1. The molecule has 0 N–H and O–H groups in total. The van der Waals surface area contributed by atoms with Crippen LogP contribution in [0, 0.1) is 5.82 Å².